The molecule has 8 heteroatoms. The zero-order valence-electron chi connectivity index (χ0n) is 16.1. The molecule has 0 saturated heterocycles. The van der Waals surface area contributed by atoms with E-state index in [1.807, 2.05) is 13.0 Å². The second kappa shape index (κ2) is 8.83. The Balaban J connectivity index is 1.76. The molecule has 0 unspecified atom stereocenters. The van der Waals surface area contributed by atoms with Gasteiger partial charge >= 0.3 is 5.97 Å². The first-order chi connectivity index (χ1) is 13.9. The minimum absolute atomic E-state index is 0.0879. The predicted octanol–water partition coefficient (Wildman–Crippen LogP) is 4.64. The van der Waals surface area contributed by atoms with Gasteiger partial charge in [0.2, 0.25) is 5.91 Å². The van der Waals surface area contributed by atoms with Crippen molar-refractivity contribution in [3.63, 3.8) is 0 Å². The molecule has 0 spiro atoms. The number of anilines is 2. The summed E-state index contributed by atoms with van der Waals surface area (Å²) in [5, 5.41) is 1.95. The Labute approximate surface area is 171 Å². The SMILES string of the molecule is COc1ccc(C)cc1C(=O)OCc1csc(N(C(C)=O)c2ccccc2F)n1. The summed E-state index contributed by atoms with van der Waals surface area (Å²) in [5.74, 6) is -1.03. The normalized spacial score (nSPS) is 10.5. The van der Waals surface area contributed by atoms with Gasteiger partial charge in [-0.2, -0.15) is 0 Å². The second-order valence-corrected chi connectivity index (χ2v) is 7.04. The molecule has 0 N–H and O–H groups in total. The molecule has 1 aromatic heterocycles. The molecule has 0 aliphatic heterocycles. The van der Waals surface area contributed by atoms with Crippen molar-refractivity contribution >= 4 is 34.0 Å². The van der Waals surface area contributed by atoms with E-state index in [0.717, 1.165) is 16.9 Å². The van der Waals surface area contributed by atoms with Crippen LogP contribution in [0.2, 0.25) is 0 Å². The Morgan fingerprint density at radius 1 is 1.21 bits per heavy atom. The quantitative estimate of drug-likeness (QED) is 0.550. The number of hydrogen-bond donors (Lipinski definition) is 0. The molecule has 0 radical (unpaired) electrons. The molecule has 0 bridgehead atoms. The van der Waals surface area contributed by atoms with Crippen LogP contribution in [0.25, 0.3) is 0 Å². The fraction of sp³-hybridized carbons (Fsp3) is 0.190. The van der Waals surface area contributed by atoms with Crippen molar-refractivity contribution in [3.05, 3.63) is 70.5 Å². The highest BCUT2D eigenvalue weighted by Gasteiger charge is 2.21. The van der Waals surface area contributed by atoms with E-state index in [-0.39, 0.29) is 18.2 Å². The van der Waals surface area contributed by atoms with Crippen molar-refractivity contribution in [1.29, 1.82) is 0 Å². The van der Waals surface area contributed by atoms with Crippen LogP contribution in [0.15, 0.2) is 47.8 Å². The Morgan fingerprint density at radius 2 is 1.97 bits per heavy atom. The highest BCUT2D eigenvalue weighted by atomic mass is 32.1. The molecule has 0 fully saturated rings. The van der Waals surface area contributed by atoms with E-state index in [1.165, 1.54) is 31.1 Å². The maximum atomic E-state index is 14.1. The summed E-state index contributed by atoms with van der Waals surface area (Å²) < 4.78 is 24.7. The van der Waals surface area contributed by atoms with E-state index in [9.17, 15) is 14.0 Å². The lowest BCUT2D eigenvalue weighted by atomic mass is 10.1. The molecule has 6 nitrogen and oxygen atoms in total. The van der Waals surface area contributed by atoms with Crippen LogP contribution < -0.4 is 9.64 Å². The van der Waals surface area contributed by atoms with Crippen molar-refractivity contribution in [2.45, 2.75) is 20.5 Å². The van der Waals surface area contributed by atoms with Crippen LogP contribution in [-0.4, -0.2) is 24.0 Å². The van der Waals surface area contributed by atoms with Gasteiger partial charge in [-0.15, -0.1) is 11.3 Å². The van der Waals surface area contributed by atoms with Crippen LogP contribution >= 0.6 is 11.3 Å². The molecule has 150 valence electrons. The maximum absolute atomic E-state index is 14.1. The molecule has 3 aromatic rings. The lowest BCUT2D eigenvalue weighted by molar-refractivity contribution is -0.115. The van der Waals surface area contributed by atoms with E-state index in [4.69, 9.17) is 9.47 Å². The average molecular weight is 414 g/mol. The summed E-state index contributed by atoms with van der Waals surface area (Å²) in [4.78, 5) is 30.0. The molecule has 3 rings (SSSR count). The minimum atomic E-state index is -0.544. The Morgan fingerprint density at radius 3 is 2.66 bits per heavy atom. The monoisotopic (exact) mass is 414 g/mol. The zero-order chi connectivity index (χ0) is 21.0. The van der Waals surface area contributed by atoms with Crippen LogP contribution in [0, 0.1) is 12.7 Å². The van der Waals surface area contributed by atoms with E-state index >= 15 is 0 Å². The maximum Gasteiger partial charge on any atom is 0.342 e. The number of aryl methyl sites for hydroxylation is 1. The Hall–Kier alpha value is -3.26. The summed E-state index contributed by atoms with van der Waals surface area (Å²) in [5.41, 5.74) is 1.78. The van der Waals surface area contributed by atoms with Gasteiger partial charge in [0.25, 0.3) is 0 Å². The van der Waals surface area contributed by atoms with Crippen LogP contribution in [0.5, 0.6) is 5.75 Å². The molecule has 1 heterocycles. The zero-order valence-corrected chi connectivity index (χ0v) is 17.0. The number of hydrogen-bond acceptors (Lipinski definition) is 6. The number of esters is 1. The lowest BCUT2D eigenvalue weighted by Gasteiger charge is -2.18. The molecular weight excluding hydrogens is 395 g/mol. The fourth-order valence-corrected chi connectivity index (χ4v) is 3.57. The summed E-state index contributed by atoms with van der Waals surface area (Å²) >= 11 is 1.16. The van der Waals surface area contributed by atoms with Gasteiger partial charge in [-0.3, -0.25) is 9.69 Å². The standard InChI is InChI=1S/C21H19FN2O4S/c1-13-8-9-19(27-3)16(10-13)20(26)28-11-15-12-29-21(23-15)24(14(2)25)18-7-5-4-6-17(18)22/h4-10,12H,11H2,1-3H3. The molecule has 0 aliphatic carbocycles. The largest absolute Gasteiger partial charge is 0.496 e. The molecule has 1 amide bonds. The Bertz CT molecular complexity index is 1050. The van der Waals surface area contributed by atoms with Gasteiger partial charge in [-0.05, 0) is 31.2 Å². The number of carbonyl (C=O) groups is 2. The van der Waals surface area contributed by atoms with Crippen molar-refractivity contribution in [1.82, 2.24) is 4.98 Å². The molecule has 0 atom stereocenters. The Kier molecular flexibility index (Phi) is 6.23. The van der Waals surface area contributed by atoms with Gasteiger partial charge in [-0.25, -0.2) is 14.2 Å². The molecule has 0 saturated carbocycles. The highest BCUT2D eigenvalue weighted by Crippen LogP contribution is 2.31. The van der Waals surface area contributed by atoms with Gasteiger partial charge in [0.1, 0.15) is 23.7 Å². The van der Waals surface area contributed by atoms with Crippen LogP contribution in [0.3, 0.4) is 0 Å². The molecular formula is C21H19FN2O4S. The third-order valence-electron chi connectivity index (χ3n) is 4.07. The summed E-state index contributed by atoms with van der Waals surface area (Å²) in [7, 11) is 1.48. The van der Waals surface area contributed by atoms with Gasteiger partial charge in [0, 0.05) is 12.3 Å². The number of amides is 1. The average Bonchev–Trinajstić information content (AvgIpc) is 3.16. The molecule has 29 heavy (non-hydrogen) atoms. The summed E-state index contributed by atoms with van der Waals surface area (Å²) in [6, 6.07) is 11.2. The number of halogens is 1. The first-order valence-corrected chi connectivity index (χ1v) is 9.60. The lowest BCUT2D eigenvalue weighted by Crippen LogP contribution is -2.23. The van der Waals surface area contributed by atoms with Crippen LogP contribution in [0.4, 0.5) is 15.2 Å². The summed E-state index contributed by atoms with van der Waals surface area (Å²) in [6.07, 6.45) is 0. The predicted molar refractivity (Wildman–Crippen MR) is 108 cm³/mol. The van der Waals surface area contributed by atoms with E-state index in [2.05, 4.69) is 4.98 Å². The molecule has 0 aliphatic rings. The van der Waals surface area contributed by atoms with Gasteiger partial charge in [-0.1, -0.05) is 23.8 Å². The number of thiazole rings is 1. The fourth-order valence-electron chi connectivity index (χ4n) is 2.70. The van der Waals surface area contributed by atoms with Gasteiger partial charge in [0.05, 0.1) is 18.5 Å². The number of methoxy groups -OCH3 is 1. The van der Waals surface area contributed by atoms with Crippen molar-refractivity contribution in [2.24, 2.45) is 0 Å². The first kappa shape index (κ1) is 20.5. The number of para-hydroxylation sites is 1. The second-order valence-electron chi connectivity index (χ2n) is 6.21. The van der Waals surface area contributed by atoms with Crippen molar-refractivity contribution in [2.75, 3.05) is 12.0 Å². The van der Waals surface area contributed by atoms with E-state index < -0.39 is 11.8 Å². The van der Waals surface area contributed by atoms with Crippen LogP contribution in [-0.2, 0) is 16.1 Å². The minimum Gasteiger partial charge on any atom is -0.496 e. The van der Waals surface area contributed by atoms with Gasteiger partial charge in [0.15, 0.2) is 5.13 Å². The summed E-state index contributed by atoms with van der Waals surface area (Å²) in [6.45, 7) is 3.11. The van der Waals surface area contributed by atoms with E-state index in [0.29, 0.717) is 22.1 Å². The first-order valence-electron chi connectivity index (χ1n) is 8.72. The third kappa shape index (κ3) is 4.60. The van der Waals surface area contributed by atoms with Crippen LogP contribution in [0.1, 0.15) is 28.5 Å². The van der Waals surface area contributed by atoms with Gasteiger partial charge < -0.3 is 9.47 Å². The smallest absolute Gasteiger partial charge is 0.342 e. The molecule has 2 aromatic carbocycles. The number of benzene rings is 2. The topological polar surface area (TPSA) is 68.7 Å². The highest BCUT2D eigenvalue weighted by molar-refractivity contribution is 7.14. The number of carbonyl (C=O) groups excluding carboxylic acids is 2. The number of nitrogens with zero attached hydrogens (tertiary/aromatic N) is 2. The van der Waals surface area contributed by atoms with E-state index in [1.54, 1.807) is 29.6 Å². The number of rotatable bonds is 6. The van der Waals surface area contributed by atoms with Crippen molar-refractivity contribution in [3.8, 4) is 5.75 Å². The number of ether oxygens (including phenoxy) is 2. The number of aromatic nitrogens is 1. The van der Waals surface area contributed by atoms with Crippen molar-refractivity contribution < 1.29 is 23.5 Å². The third-order valence-corrected chi connectivity index (χ3v) is 4.94.